The van der Waals surface area contributed by atoms with E-state index in [0.717, 1.165) is 10.0 Å². The molecule has 22 heavy (non-hydrogen) atoms. The lowest BCUT2D eigenvalue weighted by Crippen LogP contribution is -2.23. The number of nitrogens with zero attached hydrogens (tertiary/aromatic N) is 1. The van der Waals surface area contributed by atoms with Gasteiger partial charge >= 0.3 is 0 Å². The van der Waals surface area contributed by atoms with E-state index in [1.165, 1.54) is 4.90 Å². The summed E-state index contributed by atoms with van der Waals surface area (Å²) in [6, 6.07) is 14.5. The Morgan fingerprint density at radius 1 is 1.05 bits per heavy atom. The molecule has 0 aliphatic carbocycles. The Kier molecular flexibility index (Phi) is 5.33. The van der Waals surface area contributed by atoms with Crippen LogP contribution in [-0.2, 0) is 6.54 Å². The van der Waals surface area contributed by atoms with Gasteiger partial charge in [0.05, 0.1) is 0 Å². The van der Waals surface area contributed by atoms with Gasteiger partial charge in [-0.2, -0.15) is 0 Å². The summed E-state index contributed by atoms with van der Waals surface area (Å²) in [6.07, 6.45) is 0. The van der Waals surface area contributed by atoms with E-state index in [-0.39, 0.29) is 11.8 Å². The average molecular weight is 361 g/mol. The third-order valence-corrected chi connectivity index (χ3v) is 3.64. The molecule has 114 valence electrons. The summed E-state index contributed by atoms with van der Waals surface area (Å²) in [4.78, 5) is 25.4. The first kappa shape index (κ1) is 16.2. The van der Waals surface area contributed by atoms with Crippen LogP contribution in [-0.4, -0.2) is 30.8 Å². The highest BCUT2D eigenvalue weighted by atomic mass is 79.9. The van der Waals surface area contributed by atoms with Crippen molar-refractivity contribution in [1.29, 1.82) is 0 Å². The van der Waals surface area contributed by atoms with Gasteiger partial charge < -0.3 is 10.2 Å². The quantitative estimate of drug-likeness (QED) is 0.910. The number of nitrogens with one attached hydrogen (secondary N) is 1. The summed E-state index contributed by atoms with van der Waals surface area (Å²) in [6.45, 7) is 0.418. The minimum Gasteiger partial charge on any atom is -0.348 e. The van der Waals surface area contributed by atoms with E-state index in [9.17, 15) is 9.59 Å². The molecule has 0 radical (unpaired) electrons. The predicted octanol–water partition coefficient (Wildman–Crippen LogP) is 3.08. The van der Waals surface area contributed by atoms with Crippen LogP contribution in [0.5, 0.6) is 0 Å². The van der Waals surface area contributed by atoms with Gasteiger partial charge in [-0.15, -0.1) is 0 Å². The highest BCUT2D eigenvalue weighted by Crippen LogP contribution is 2.12. The molecule has 5 heteroatoms. The van der Waals surface area contributed by atoms with E-state index in [1.54, 1.807) is 38.4 Å². The largest absolute Gasteiger partial charge is 0.348 e. The standard InChI is InChI=1S/C17H17BrN2O2/c1-20(2)17(22)13-8-6-12(7-9-13)11-19-16(21)14-4-3-5-15(18)10-14/h3-10H,11H2,1-2H3,(H,19,21). The fourth-order valence-electron chi connectivity index (χ4n) is 1.94. The van der Waals surface area contributed by atoms with Gasteiger partial charge in [0.1, 0.15) is 0 Å². The van der Waals surface area contributed by atoms with Crippen LogP contribution < -0.4 is 5.32 Å². The van der Waals surface area contributed by atoms with Crippen molar-refractivity contribution >= 4 is 27.7 Å². The number of halogens is 1. The Morgan fingerprint density at radius 3 is 2.32 bits per heavy atom. The van der Waals surface area contributed by atoms with Crippen LogP contribution in [0.2, 0.25) is 0 Å². The second kappa shape index (κ2) is 7.22. The maximum Gasteiger partial charge on any atom is 0.253 e. The zero-order valence-corrected chi connectivity index (χ0v) is 14.1. The Hall–Kier alpha value is -2.14. The van der Waals surface area contributed by atoms with Crippen molar-refractivity contribution in [1.82, 2.24) is 10.2 Å². The third-order valence-electron chi connectivity index (χ3n) is 3.15. The van der Waals surface area contributed by atoms with E-state index in [0.29, 0.717) is 17.7 Å². The van der Waals surface area contributed by atoms with E-state index in [4.69, 9.17) is 0 Å². The molecule has 0 aliphatic rings. The first-order chi connectivity index (χ1) is 10.5. The van der Waals surface area contributed by atoms with E-state index >= 15 is 0 Å². The predicted molar refractivity (Wildman–Crippen MR) is 89.8 cm³/mol. The summed E-state index contributed by atoms with van der Waals surface area (Å²) in [5, 5.41) is 2.86. The van der Waals surface area contributed by atoms with Crippen molar-refractivity contribution in [2.75, 3.05) is 14.1 Å². The maximum absolute atomic E-state index is 12.0. The summed E-state index contributed by atoms with van der Waals surface area (Å²) >= 11 is 3.34. The van der Waals surface area contributed by atoms with E-state index < -0.39 is 0 Å². The smallest absolute Gasteiger partial charge is 0.253 e. The number of carbonyl (C=O) groups excluding carboxylic acids is 2. The van der Waals surface area contributed by atoms with Crippen molar-refractivity contribution in [3.63, 3.8) is 0 Å². The molecule has 0 saturated heterocycles. The molecule has 2 aromatic rings. The molecule has 4 nitrogen and oxygen atoms in total. The van der Waals surface area contributed by atoms with E-state index in [1.807, 2.05) is 24.3 Å². The maximum atomic E-state index is 12.0. The first-order valence-corrected chi connectivity index (χ1v) is 7.61. The molecule has 0 bridgehead atoms. The molecule has 0 saturated carbocycles. The Balaban J connectivity index is 1.97. The zero-order chi connectivity index (χ0) is 16.1. The Bertz CT molecular complexity index is 681. The van der Waals surface area contributed by atoms with Crippen molar-refractivity contribution in [3.8, 4) is 0 Å². The molecule has 2 amide bonds. The molecule has 2 rings (SSSR count). The highest BCUT2D eigenvalue weighted by molar-refractivity contribution is 9.10. The lowest BCUT2D eigenvalue weighted by atomic mass is 10.1. The van der Waals surface area contributed by atoms with Crippen molar-refractivity contribution < 1.29 is 9.59 Å². The fourth-order valence-corrected chi connectivity index (χ4v) is 2.34. The summed E-state index contributed by atoms with van der Waals surface area (Å²) < 4.78 is 0.867. The SMILES string of the molecule is CN(C)C(=O)c1ccc(CNC(=O)c2cccc(Br)c2)cc1. The average Bonchev–Trinajstić information content (AvgIpc) is 2.52. The topological polar surface area (TPSA) is 49.4 Å². The first-order valence-electron chi connectivity index (χ1n) is 6.82. The minimum atomic E-state index is -0.130. The van der Waals surface area contributed by atoms with Gasteiger partial charge in [0.15, 0.2) is 0 Å². The monoisotopic (exact) mass is 360 g/mol. The Labute approximate surface area is 138 Å². The number of hydrogen-bond acceptors (Lipinski definition) is 2. The number of carbonyl (C=O) groups is 2. The molecular weight excluding hydrogens is 344 g/mol. The highest BCUT2D eigenvalue weighted by Gasteiger charge is 2.08. The molecule has 0 aromatic heterocycles. The third kappa shape index (κ3) is 4.18. The van der Waals surface area contributed by atoms with E-state index in [2.05, 4.69) is 21.2 Å². The van der Waals surface area contributed by atoms with Crippen LogP contribution in [0.3, 0.4) is 0 Å². The van der Waals surface area contributed by atoms with Gasteiger partial charge in [0.25, 0.3) is 11.8 Å². The van der Waals surface area contributed by atoms with Gasteiger partial charge in [-0.1, -0.05) is 34.1 Å². The summed E-state index contributed by atoms with van der Waals surface area (Å²) in [5.41, 5.74) is 2.18. The molecule has 0 spiro atoms. The number of hydrogen-bond donors (Lipinski definition) is 1. The fraction of sp³-hybridized carbons (Fsp3) is 0.176. The molecule has 1 N–H and O–H groups in total. The van der Waals surface area contributed by atoms with Crippen LogP contribution in [0.25, 0.3) is 0 Å². The zero-order valence-electron chi connectivity index (χ0n) is 12.5. The van der Waals surface area contributed by atoms with Crippen molar-refractivity contribution in [2.45, 2.75) is 6.54 Å². The normalized spacial score (nSPS) is 10.1. The number of benzene rings is 2. The second-order valence-electron chi connectivity index (χ2n) is 5.09. The molecule has 0 atom stereocenters. The molecule has 0 fully saturated rings. The lowest BCUT2D eigenvalue weighted by Gasteiger charge is -2.11. The summed E-state index contributed by atoms with van der Waals surface area (Å²) in [7, 11) is 3.43. The van der Waals surface area contributed by atoms with Crippen LogP contribution in [0.4, 0.5) is 0 Å². The minimum absolute atomic E-state index is 0.0373. The summed E-state index contributed by atoms with van der Waals surface area (Å²) in [5.74, 6) is -0.167. The molecule has 2 aromatic carbocycles. The van der Waals surface area contributed by atoms with Crippen LogP contribution >= 0.6 is 15.9 Å². The van der Waals surface area contributed by atoms with Gasteiger partial charge in [-0.05, 0) is 35.9 Å². The number of rotatable bonds is 4. The molecule has 0 heterocycles. The van der Waals surface area contributed by atoms with Gasteiger partial charge in [0, 0.05) is 36.2 Å². The van der Waals surface area contributed by atoms with Gasteiger partial charge in [0.2, 0.25) is 0 Å². The molecule has 0 unspecified atom stereocenters. The number of amides is 2. The molecular formula is C17H17BrN2O2. The van der Waals surface area contributed by atoms with Gasteiger partial charge in [-0.3, -0.25) is 9.59 Å². The Morgan fingerprint density at radius 2 is 1.73 bits per heavy atom. The van der Waals surface area contributed by atoms with Crippen molar-refractivity contribution in [3.05, 3.63) is 69.7 Å². The van der Waals surface area contributed by atoms with Crippen LogP contribution in [0.1, 0.15) is 26.3 Å². The molecule has 0 aliphatic heterocycles. The van der Waals surface area contributed by atoms with Crippen molar-refractivity contribution in [2.24, 2.45) is 0 Å². The lowest BCUT2D eigenvalue weighted by molar-refractivity contribution is 0.0827. The second-order valence-corrected chi connectivity index (χ2v) is 6.01. The van der Waals surface area contributed by atoms with Gasteiger partial charge in [-0.25, -0.2) is 0 Å². The van der Waals surface area contributed by atoms with Crippen LogP contribution in [0, 0.1) is 0 Å². The van der Waals surface area contributed by atoms with Crippen LogP contribution in [0.15, 0.2) is 53.0 Å².